The number of nitrogens with zero attached hydrogens (tertiary/aromatic N) is 2. The van der Waals surface area contributed by atoms with Gasteiger partial charge < -0.3 is 4.74 Å². The van der Waals surface area contributed by atoms with Gasteiger partial charge in [-0.15, -0.1) is 10.2 Å². The largest absolute Gasteiger partial charge is 0.497 e. The molecule has 0 aliphatic heterocycles. The fraction of sp³-hybridized carbons (Fsp3) is 0.318. The lowest BCUT2D eigenvalue weighted by atomic mass is 9.84. The third kappa shape index (κ3) is 4.22. The summed E-state index contributed by atoms with van der Waals surface area (Å²) in [6.07, 6.45) is 6.47. The lowest BCUT2D eigenvalue weighted by Gasteiger charge is -2.22. The van der Waals surface area contributed by atoms with E-state index in [1.54, 1.807) is 7.11 Å². The number of carbonyl (C=O) groups is 1. The van der Waals surface area contributed by atoms with Crippen molar-refractivity contribution in [2.45, 2.75) is 38.0 Å². The standard InChI is InChI=1S/C22H23N3O2S/c1-27-19-13-11-18(12-14-19)21-24-25-22(28-21)23-20(26)17-9-7-16(8-10-17)15-5-3-2-4-6-15/h7-15H,2-6H2,1H3,(H,23,25,26). The van der Waals surface area contributed by atoms with Crippen LogP contribution in [0.15, 0.2) is 48.5 Å². The van der Waals surface area contributed by atoms with Gasteiger partial charge in [-0.05, 0) is 60.7 Å². The average molecular weight is 394 g/mol. The van der Waals surface area contributed by atoms with Crippen LogP contribution in [0.4, 0.5) is 5.13 Å². The number of rotatable bonds is 5. The minimum Gasteiger partial charge on any atom is -0.497 e. The van der Waals surface area contributed by atoms with Crippen LogP contribution in [0.1, 0.15) is 53.9 Å². The molecule has 3 aromatic rings. The summed E-state index contributed by atoms with van der Waals surface area (Å²) in [5, 5.41) is 12.4. The van der Waals surface area contributed by atoms with Crippen LogP contribution in [0.5, 0.6) is 5.75 Å². The van der Waals surface area contributed by atoms with Crippen LogP contribution in [-0.4, -0.2) is 23.2 Å². The van der Waals surface area contributed by atoms with E-state index >= 15 is 0 Å². The van der Waals surface area contributed by atoms with Crippen LogP contribution >= 0.6 is 11.3 Å². The van der Waals surface area contributed by atoms with Crippen LogP contribution in [-0.2, 0) is 0 Å². The zero-order valence-electron chi connectivity index (χ0n) is 15.9. The van der Waals surface area contributed by atoms with Crippen LogP contribution in [0, 0.1) is 0 Å². The van der Waals surface area contributed by atoms with Crippen molar-refractivity contribution in [3.8, 4) is 16.3 Å². The van der Waals surface area contributed by atoms with Crippen LogP contribution in [0.25, 0.3) is 10.6 Å². The summed E-state index contributed by atoms with van der Waals surface area (Å²) >= 11 is 1.35. The maximum Gasteiger partial charge on any atom is 0.257 e. The Morgan fingerprint density at radius 2 is 1.71 bits per heavy atom. The van der Waals surface area contributed by atoms with Crippen molar-refractivity contribution in [3.05, 3.63) is 59.7 Å². The van der Waals surface area contributed by atoms with Crippen molar-refractivity contribution in [1.82, 2.24) is 10.2 Å². The number of anilines is 1. The van der Waals surface area contributed by atoms with Gasteiger partial charge in [-0.1, -0.05) is 42.7 Å². The first-order valence-electron chi connectivity index (χ1n) is 9.62. The Hall–Kier alpha value is -2.73. The third-order valence-electron chi connectivity index (χ3n) is 5.23. The second-order valence-corrected chi connectivity index (χ2v) is 8.03. The molecule has 0 spiro atoms. The number of hydrogen-bond acceptors (Lipinski definition) is 5. The minimum atomic E-state index is -0.160. The highest BCUT2D eigenvalue weighted by atomic mass is 32.1. The van der Waals surface area contributed by atoms with E-state index in [9.17, 15) is 4.79 Å². The lowest BCUT2D eigenvalue weighted by Crippen LogP contribution is -2.12. The topological polar surface area (TPSA) is 64.1 Å². The third-order valence-corrected chi connectivity index (χ3v) is 6.12. The lowest BCUT2D eigenvalue weighted by molar-refractivity contribution is 0.102. The van der Waals surface area contributed by atoms with Crippen LogP contribution in [0.2, 0.25) is 0 Å². The summed E-state index contributed by atoms with van der Waals surface area (Å²) in [6.45, 7) is 0. The van der Waals surface area contributed by atoms with E-state index in [0.29, 0.717) is 16.6 Å². The van der Waals surface area contributed by atoms with Gasteiger partial charge in [-0.25, -0.2) is 0 Å². The Morgan fingerprint density at radius 3 is 2.39 bits per heavy atom. The summed E-state index contributed by atoms with van der Waals surface area (Å²) < 4.78 is 5.17. The summed E-state index contributed by atoms with van der Waals surface area (Å²) in [5.74, 6) is 1.27. The summed E-state index contributed by atoms with van der Waals surface area (Å²) in [4.78, 5) is 12.5. The molecule has 1 amide bonds. The molecule has 28 heavy (non-hydrogen) atoms. The molecule has 0 atom stereocenters. The van der Waals surface area contributed by atoms with Gasteiger partial charge in [0.25, 0.3) is 5.91 Å². The van der Waals surface area contributed by atoms with Gasteiger partial charge in [0.15, 0.2) is 0 Å². The van der Waals surface area contributed by atoms with Gasteiger partial charge in [0.1, 0.15) is 10.8 Å². The molecule has 1 fully saturated rings. The average Bonchev–Trinajstić information content (AvgIpc) is 3.23. The number of ether oxygens (including phenoxy) is 1. The van der Waals surface area contributed by atoms with Crippen LogP contribution < -0.4 is 10.1 Å². The van der Waals surface area contributed by atoms with E-state index in [4.69, 9.17) is 4.74 Å². The molecule has 1 aliphatic carbocycles. The molecule has 0 unspecified atom stereocenters. The van der Waals surface area contributed by atoms with Gasteiger partial charge in [-0.3, -0.25) is 10.1 Å². The van der Waals surface area contributed by atoms with E-state index in [2.05, 4.69) is 27.6 Å². The quantitative estimate of drug-likeness (QED) is 0.620. The van der Waals surface area contributed by atoms with Crippen molar-refractivity contribution < 1.29 is 9.53 Å². The molecule has 5 nitrogen and oxygen atoms in total. The fourth-order valence-corrected chi connectivity index (χ4v) is 4.38. The Labute approximate surface area is 168 Å². The molecule has 1 N–H and O–H groups in total. The number of methoxy groups -OCH3 is 1. The highest BCUT2D eigenvalue weighted by molar-refractivity contribution is 7.18. The second kappa shape index (κ2) is 8.52. The molecule has 1 aromatic heterocycles. The number of hydrogen-bond donors (Lipinski definition) is 1. The first-order chi connectivity index (χ1) is 13.7. The van der Waals surface area contributed by atoms with E-state index in [1.165, 1.54) is 49.0 Å². The fourth-order valence-electron chi connectivity index (χ4n) is 3.64. The van der Waals surface area contributed by atoms with E-state index in [-0.39, 0.29) is 5.91 Å². The van der Waals surface area contributed by atoms with Gasteiger partial charge in [0.05, 0.1) is 7.11 Å². The molecule has 4 rings (SSSR count). The summed E-state index contributed by atoms with van der Waals surface area (Å²) in [5.41, 5.74) is 2.92. The normalized spacial score (nSPS) is 14.6. The van der Waals surface area contributed by atoms with Crippen LogP contribution in [0.3, 0.4) is 0 Å². The summed E-state index contributed by atoms with van der Waals surface area (Å²) in [6, 6.07) is 15.6. The number of nitrogens with one attached hydrogen (secondary N) is 1. The number of carbonyl (C=O) groups excluding carboxylic acids is 1. The highest BCUT2D eigenvalue weighted by Gasteiger charge is 2.16. The maximum absolute atomic E-state index is 12.5. The Kier molecular flexibility index (Phi) is 5.67. The zero-order chi connectivity index (χ0) is 19.3. The Bertz CT molecular complexity index is 929. The number of aromatic nitrogens is 2. The monoisotopic (exact) mass is 393 g/mol. The SMILES string of the molecule is COc1ccc(-c2nnc(NC(=O)c3ccc(C4CCCCC4)cc3)s2)cc1. The second-order valence-electron chi connectivity index (χ2n) is 7.05. The van der Waals surface area contributed by atoms with Gasteiger partial charge in [-0.2, -0.15) is 0 Å². The smallest absolute Gasteiger partial charge is 0.257 e. The van der Waals surface area contributed by atoms with E-state index < -0.39 is 0 Å². The summed E-state index contributed by atoms with van der Waals surface area (Å²) in [7, 11) is 1.63. The zero-order valence-corrected chi connectivity index (χ0v) is 16.7. The molecule has 2 aromatic carbocycles. The van der Waals surface area contributed by atoms with Crippen molar-refractivity contribution >= 4 is 22.4 Å². The molecule has 1 saturated carbocycles. The predicted molar refractivity (Wildman–Crippen MR) is 112 cm³/mol. The molecule has 1 heterocycles. The van der Waals surface area contributed by atoms with E-state index in [1.807, 2.05) is 36.4 Å². The molecule has 0 bridgehead atoms. The first-order valence-corrected chi connectivity index (χ1v) is 10.4. The molecular weight excluding hydrogens is 370 g/mol. The molecule has 6 heteroatoms. The van der Waals surface area contributed by atoms with Crippen molar-refractivity contribution in [1.29, 1.82) is 0 Å². The molecule has 1 aliphatic rings. The van der Waals surface area contributed by atoms with Gasteiger partial charge in [0.2, 0.25) is 5.13 Å². The Morgan fingerprint density at radius 1 is 1.00 bits per heavy atom. The molecule has 0 radical (unpaired) electrons. The van der Waals surface area contributed by atoms with Crippen molar-refractivity contribution in [2.75, 3.05) is 12.4 Å². The van der Waals surface area contributed by atoms with Gasteiger partial charge in [0, 0.05) is 11.1 Å². The van der Waals surface area contributed by atoms with Crippen molar-refractivity contribution in [3.63, 3.8) is 0 Å². The van der Waals surface area contributed by atoms with Crippen molar-refractivity contribution in [2.24, 2.45) is 0 Å². The predicted octanol–water partition coefficient (Wildman–Crippen LogP) is 5.51. The minimum absolute atomic E-state index is 0.160. The first kappa shape index (κ1) is 18.6. The molecule has 144 valence electrons. The Balaban J connectivity index is 1.41. The maximum atomic E-state index is 12.5. The van der Waals surface area contributed by atoms with Gasteiger partial charge >= 0.3 is 0 Å². The highest BCUT2D eigenvalue weighted by Crippen LogP contribution is 2.33. The number of amides is 1. The molecular formula is C22H23N3O2S. The molecule has 0 saturated heterocycles. The van der Waals surface area contributed by atoms with E-state index in [0.717, 1.165) is 16.3 Å². The number of benzene rings is 2.